The number of carbonyl (C=O) groups is 2. The van der Waals surface area contributed by atoms with Crippen molar-refractivity contribution >= 4 is 23.6 Å². The molecule has 1 saturated carbocycles. The summed E-state index contributed by atoms with van der Waals surface area (Å²) >= 11 is 0. The van der Waals surface area contributed by atoms with E-state index in [1.54, 1.807) is 25.1 Å². The molecule has 7 nitrogen and oxygen atoms in total. The third-order valence-electron chi connectivity index (χ3n) is 3.46. The SMILES string of the molecule is CN.CN=C(C(=O)NC(C)C=O)c1cc(OCC2CC2)ccc1N. The molecule has 0 aromatic heterocycles. The van der Waals surface area contributed by atoms with E-state index in [1.807, 2.05) is 0 Å². The average molecular weight is 334 g/mol. The molecule has 0 bridgehead atoms. The standard InChI is InChI=1S/C16H21N3O3.CH5N/c1-10(8-20)19-16(21)15(18-2)13-7-12(5-6-14(13)17)22-9-11-3-4-11;1-2/h5-8,10-11H,3-4,9,17H2,1-2H3,(H,19,21);2H2,1H3. The van der Waals surface area contributed by atoms with Gasteiger partial charge < -0.3 is 26.3 Å². The van der Waals surface area contributed by atoms with E-state index in [1.165, 1.54) is 26.9 Å². The van der Waals surface area contributed by atoms with Gasteiger partial charge in [0, 0.05) is 18.3 Å². The van der Waals surface area contributed by atoms with Crippen molar-refractivity contribution in [3.8, 4) is 5.75 Å². The minimum Gasteiger partial charge on any atom is -0.493 e. The molecule has 7 heteroatoms. The maximum absolute atomic E-state index is 12.2. The Morgan fingerprint density at radius 1 is 1.46 bits per heavy atom. The van der Waals surface area contributed by atoms with Crippen LogP contribution in [0.2, 0.25) is 0 Å². The average Bonchev–Trinajstić information content (AvgIpc) is 3.42. The van der Waals surface area contributed by atoms with Crippen molar-refractivity contribution in [2.45, 2.75) is 25.8 Å². The van der Waals surface area contributed by atoms with Crippen molar-refractivity contribution in [3.05, 3.63) is 23.8 Å². The highest BCUT2D eigenvalue weighted by Gasteiger charge is 2.23. The molecule has 5 N–H and O–H groups in total. The zero-order chi connectivity index (χ0) is 18.1. The van der Waals surface area contributed by atoms with E-state index in [4.69, 9.17) is 10.5 Å². The molecule has 0 heterocycles. The Bertz CT molecular complexity index is 597. The fourth-order valence-corrected chi connectivity index (χ4v) is 1.98. The van der Waals surface area contributed by atoms with Crippen LogP contribution < -0.4 is 21.5 Å². The summed E-state index contributed by atoms with van der Waals surface area (Å²) in [4.78, 5) is 26.9. The lowest BCUT2D eigenvalue weighted by Crippen LogP contribution is -2.39. The van der Waals surface area contributed by atoms with Gasteiger partial charge in [0.1, 0.15) is 17.7 Å². The quantitative estimate of drug-likeness (QED) is 0.386. The van der Waals surface area contributed by atoms with E-state index in [9.17, 15) is 9.59 Å². The molecule has 1 aromatic carbocycles. The fourth-order valence-electron chi connectivity index (χ4n) is 1.98. The molecule has 1 fully saturated rings. The van der Waals surface area contributed by atoms with Crippen molar-refractivity contribution in [2.75, 3.05) is 26.4 Å². The van der Waals surface area contributed by atoms with Crippen LogP contribution in [0.15, 0.2) is 23.2 Å². The molecule has 0 spiro atoms. The normalized spacial score (nSPS) is 14.9. The monoisotopic (exact) mass is 334 g/mol. The second kappa shape index (κ2) is 9.67. The van der Waals surface area contributed by atoms with Crippen molar-refractivity contribution in [1.29, 1.82) is 0 Å². The lowest BCUT2D eigenvalue weighted by Gasteiger charge is -2.13. The van der Waals surface area contributed by atoms with Crippen LogP contribution in [-0.2, 0) is 9.59 Å². The van der Waals surface area contributed by atoms with E-state index in [2.05, 4.69) is 16.0 Å². The van der Waals surface area contributed by atoms with Gasteiger partial charge in [-0.3, -0.25) is 9.79 Å². The van der Waals surface area contributed by atoms with E-state index in [0.717, 1.165) is 0 Å². The minimum atomic E-state index is -0.584. The Morgan fingerprint density at radius 3 is 2.67 bits per heavy atom. The van der Waals surface area contributed by atoms with Crippen molar-refractivity contribution < 1.29 is 14.3 Å². The van der Waals surface area contributed by atoms with E-state index in [0.29, 0.717) is 35.8 Å². The summed E-state index contributed by atoms with van der Waals surface area (Å²) in [5.41, 5.74) is 11.6. The first kappa shape index (κ1) is 19.6. The summed E-state index contributed by atoms with van der Waals surface area (Å²) in [6.45, 7) is 2.27. The lowest BCUT2D eigenvalue weighted by atomic mass is 10.1. The highest BCUT2D eigenvalue weighted by Crippen LogP contribution is 2.30. The number of amides is 1. The number of ether oxygens (including phenoxy) is 1. The number of nitrogen functional groups attached to an aromatic ring is 1. The lowest BCUT2D eigenvalue weighted by molar-refractivity contribution is -0.118. The predicted molar refractivity (Wildman–Crippen MR) is 95.3 cm³/mol. The molecule has 0 radical (unpaired) electrons. The van der Waals surface area contributed by atoms with Gasteiger partial charge in [-0.05, 0) is 50.9 Å². The number of nitrogens with zero attached hydrogens (tertiary/aromatic N) is 1. The number of nitrogens with one attached hydrogen (secondary N) is 1. The zero-order valence-electron chi connectivity index (χ0n) is 14.4. The van der Waals surface area contributed by atoms with Gasteiger partial charge in [0.25, 0.3) is 5.91 Å². The zero-order valence-corrected chi connectivity index (χ0v) is 14.4. The molecule has 1 aliphatic carbocycles. The number of hydrogen-bond donors (Lipinski definition) is 3. The third-order valence-corrected chi connectivity index (χ3v) is 3.46. The first-order valence-corrected chi connectivity index (χ1v) is 7.88. The molecule has 0 aliphatic heterocycles. The van der Waals surface area contributed by atoms with Gasteiger partial charge in [0.15, 0.2) is 0 Å². The number of aliphatic imine (C=N–C) groups is 1. The number of aldehydes is 1. The minimum absolute atomic E-state index is 0.183. The number of nitrogens with two attached hydrogens (primary N) is 2. The first-order chi connectivity index (χ1) is 11.5. The molecule has 1 aliphatic rings. The number of rotatable bonds is 7. The fraction of sp³-hybridized carbons (Fsp3) is 0.471. The van der Waals surface area contributed by atoms with Crippen LogP contribution in [0, 0.1) is 5.92 Å². The van der Waals surface area contributed by atoms with Crippen LogP contribution in [0.3, 0.4) is 0 Å². The summed E-state index contributed by atoms with van der Waals surface area (Å²) in [6.07, 6.45) is 3.06. The summed E-state index contributed by atoms with van der Waals surface area (Å²) in [7, 11) is 3.01. The summed E-state index contributed by atoms with van der Waals surface area (Å²) in [5.74, 6) is 0.860. The van der Waals surface area contributed by atoms with Crippen LogP contribution in [0.4, 0.5) is 5.69 Å². The van der Waals surface area contributed by atoms with Crippen molar-refractivity contribution in [3.63, 3.8) is 0 Å². The maximum Gasteiger partial charge on any atom is 0.270 e. The molecule has 1 unspecified atom stereocenters. The third kappa shape index (κ3) is 5.66. The number of anilines is 1. The topological polar surface area (TPSA) is 120 Å². The number of carbonyl (C=O) groups excluding carboxylic acids is 2. The maximum atomic E-state index is 12.2. The Morgan fingerprint density at radius 2 is 2.12 bits per heavy atom. The smallest absolute Gasteiger partial charge is 0.270 e. The van der Waals surface area contributed by atoms with E-state index >= 15 is 0 Å². The van der Waals surface area contributed by atoms with Gasteiger partial charge >= 0.3 is 0 Å². The van der Waals surface area contributed by atoms with Crippen LogP contribution >= 0.6 is 0 Å². The van der Waals surface area contributed by atoms with Gasteiger partial charge in [0.05, 0.1) is 12.6 Å². The molecular formula is C17H26N4O3. The highest BCUT2D eigenvalue weighted by atomic mass is 16.5. The summed E-state index contributed by atoms with van der Waals surface area (Å²) < 4.78 is 5.70. The Labute approximate surface area is 142 Å². The molecule has 1 atom stereocenters. The van der Waals surface area contributed by atoms with Gasteiger partial charge in [-0.25, -0.2) is 0 Å². The molecule has 24 heavy (non-hydrogen) atoms. The predicted octanol–water partition coefficient (Wildman–Crippen LogP) is 0.755. The number of hydrogen-bond acceptors (Lipinski definition) is 6. The van der Waals surface area contributed by atoms with E-state index < -0.39 is 11.9 Å². The number of benzene rings is 1. The summed E-state index contributed by atoms with van der Waals surface area (Å²) in [5, 5.41) is 2.55. The highest BCUT2D eigenvalue weighted by molar-refractivity contribution is 6.46. The summed E-state index contributed by atoms with van der Waals surface area (Å²) in [6, 6.07) is 4.60. The van der Waals surface area contributed by atoms with Gasteiger partial charge in [-0.2, -0.15) is 0 Å². The molecule has 132 valence electrons. The van der Waals surface area contributed by atoms with Crippen molar-refractivity contribution in [1.82, 2.24) is 5.32 Å². The largest absolute Gasteiger partial charge is 0.493 e. The van der Waals surface area contributed by atoms with Crippen LogP contribution in [0.1, 0.15) is 25.3 Å². The molecule has 1 amide bonds. The van der Waals surface area contributed by atoms with E-state index in [-0.39, 0.29) is 5.71 Å². The second-order valence-electron chi connectivity index (χ2n) is 5.47. The molecule has 0 saturated heterocycles. The second-order valence-corrected chi connectivity index (χ2v) is 5.47. The van der Waals surface area contributed by atoms with Gasteiger partial charge in [0.2, 0.25) is 0 Å². The Kier molecular flexibility index (Phi) is 7.91. The Hall–Kier alpha value is -2.41. The van der Waals surface area contributed by atoms with Crippen LogP contribution in [0.5, 0.6) is 5.75 Å². The first-order valence-electron chi connectivity index (χ1n) is 7.88. The van der Waals surface area contributed by atoms with Gasteiger partial charge in [-0.1, -0.05) is 0 Å². The molecule has 2 rings (SSSR count). The van der Waals surface area contributed by atoms with Gasteiger partial charge in [-0.15, -0.1) is 0 Å². The Balaban J connectivity index is 0.00000139. The van der Waals surface area contributed by atoms with Crippen LogP contribution in [0.25, 0.3) is 0 Å². The van der Waals surface area contributed by atoms with Crippen LogP contribution in [-0.4, -0.2) is 44.6 Å². The van der Waals surface area contributed by atoms with Crippen molar-refractivity contribution in [2.24, 2.45) is 16.6 Å². The molecular weight excluding hydrogens is 308 g/mol. The molecule has 1 aromatic rings.